The van der Waals surface area contributed by atoms with Crippen LogP contribution in [0.25, 0.3) is 0 Å². The van der Waals surface area contributed by atoms with Gasteiger partial charge in [0.15, 0.2) is 0 Å². The van der Waals surface area contributed by atoms with Crippen molar-refractivity contribution in [1.29, 1.82) is 0 Å². The number of pyridine rings is 1. The Balaban J connectivity index is 1.62. The Morgan fingerprint density at radius 2 is 1.79 bits per heavy atom. The molecule has 0 saturated carbocycles. The third kappa shape index (κ3) is 6.63. The Morgan fingerprint density at radius 3 is 2.47 bits per heavy atom. The van der Waals surface area contributed by atoms with Gasteiger partial charge in [0.2, 0.25) is 5.95 Å². The minimum atomic E-state index is -3.73. The van der Waals surface area contributed by atoms with E-state index in [1.165, 1.54) is 10.5 Å². The molecule has 0 bridgehead atoms. The van der Waals surface area contributed by atoms with Crippen molar-refractivity contribution in [2.24, 2.45) is 5.14 Å². The number of amides is 1. The first-order valence-electron chi connectivity index (χ1n) is 12.4. The molecule has 1 aliphatic rings. The fourth-order valence-corrected chi connectivity index (χ4v) is 4.71. The topological polar surface area (TPSA) is 155 Å². The van der Waals surface area contributed by atoms with E-state index in [9.17, 15) is 13.2 Å². The lowest BCUT2D eigenvalue weighted by atomic mass is 9.91. The molecule has 0 spiro atoms. The molecule has 1 aliphatic heterocycles. The standard InChI is InChI=1S/C26H34N8O3S/c1-16(2)30-24(35)21-14-29-25(33-23(21)31-20-8-10-28-22(13-20)26(3,4)5)32-19-7-6-18-15-34(38(27,36)37)11-9-17(18)12-19/h6-8,10,12-14,16H,9,11,15H2,1-5H3,(H,30,35)(H2,27,36,37)(H2,28,29,31,32,33). The number of benzene rings is 1. The summed E-state index contributed by atoms with van der Waals surface area (Å²) < 4.78 is 24.7. The van der Waals surface area contributed by atoms with Gasteiger partial charge in [-0.25, -0.2) is 10.1 Å². The van der Waals surface area contributed by atoms with Crippen LogP contribution in [-0.2, 0) is 28.6 Å². The molecule has 3 heterocycles. The van der Waals surface area contributed by atoms with E-state index < -0.39 is 10.2 Å². The van der Waals surface area contributed by atoms with Crippen LogP contribution in [-0.4, -0.2) is 46.2 Å². The lowest BCUT2D eigenvalue weighted by Gasteiger charge is -2.26. The summed E-state index contributed by atoms with van der Waals surface area (Å²) in [6, 6.07) is 9.35. The zero-order chi connectivity index (χ0) is 27.7. The Kier molecular flexibility index (Phi) is 7.68. The molecule has 12 heteroatoms. The summed E-state index contributed by atoms with van der Waals surface area (Å²) in [7, 11) is -3.73. The first-order valence-corrected chi connectivity index (χ1v) is 13.9. The summed E-state index contributed by atoms with van der Waals surface area (Å²) in [5.41, 5.74) is 4.48. The second-order valence-corrected chi connectivity index (χ2v) is 12.2. The van der Waals surface area contributed by atoms with E-state index in [0.717, 1.165) is 28.2 Å². The molecule has 4 rings (SSSR count). The van der Waals surface area contributed by atoms with Gasteiger partial charge in [-0.2, -0.15) is 17.7 Å². The van der Waals surface area contributed by atoms with Crippen LogP contribution in [0.5, 0.6) is 0 Å². The molecule has 1 aromatic carbocycles. The van der Waals surface area contributed by atoms with E-state index in [1.807, 2.05) is 44.2 Å². The summed E-state index contributed by atoms with van der Waals surface area (Å²) >= 11 is 0. The highest BCUT2D eigenvalue weighted by Crippen LogP contribution is 2.28. The van der Waals surface area contributed by atoms with Crippen molar-refractivity contribution in [2.75, 3.05) is 17.2 Å². The van der Waals surface area contributed by atoms with E-state index in [1.54, 1.807) is 6.20 Å². The zero-order valence-electron chi connectivity index (χ0n) is 22.2. The minimum Gasteiger partial charge on any atom is -0.350 e. The molecule has 0 radical (unpaired) electrons. The summed E-state index contributed by atoms with van der Waals surface area (Å²) in [5, 5.41) is 14.6. The number of nitrogens with one attached hydrogen (secondary N) is 3. The third-order valence-corrected chi connectivity index (χ3v) is 7.08. The molecular formula is C26H34N8O3S. The first kappa shape index (κ1) is 27.4. The Hall–Kier alpha value is -3.61. The highest BCUT2D eigenvalue weighted by Gasteiger charge is 2.24. The van der Waals surface area contributed by atoms with E-state index in [-0.39, 0.29) is 23.9 Å². The van der Waals surface area contributed by atoms with Crippen molar-refractivity contribution in [3.05, 3.63) is 65.1 Å². The number of hydrogen-bond acceptors (Lipinski definition) is 8. The largest absolute Gasteiger partial charge is 0.350 e. The van der Waals surface area contributed by atoms with E-state index in [2.05, 4.69) is 51.7 Å². The van der Waals surface area contributed by atoms with Crippen molar-refractivity contribution in [2.45, 2.75) is 59.0 Å². The smallest absolute Gasteiger partial charge is 0.277 e. The number of carbonyl (C=O) groups is 1. The van der Waals surface area contributed by atoms with Gasteiger partial charge < -0.3 is 16.0 Å². The first-order chi connectivity index (χ1) is 17.8. The lowest BCUT2D eigenvalue weighted by Crippen LogP contribution is -2.40. The van der Waals surface area contributed by atoms with E-state index >= 15 is 0 Å². The second-order valence-electron chi connectivity index (χ2n) is 10.6. The van der Waals surface area contributed by atoms with Gasteiger partial charge in [-0.1, -0.05) is 26.8 Å². The Bertz CT molecular complexity index is 1450. The number of nitrogens with two attached hydrogens (primary N) is 1. The molecular weight excluding hydrogens is 504 g/mol. The van der Waals surface area contributed by atoms with Gasteiger partial charge >= 0.3 is 0 Å². The molecule has 0 fully saturated rings. The number of hydrogen-bond donors (Lipinski definition) is 4. The van der Waals surface area contributed by atoms with Gasteiger partial charge in [0.1, 0.15) is 11.4 Å². The number of rotatable bonds is 7. The molecule has 5 N–H and O–H groups in total. The molecule has 0 saturated heterocycles. The Labute approximate surface area is 223 Å². The molecule has 38 heavy (non-hydrogen) atoms. The van der Waals surface area contributed by atoms with Crippen molar-refractivity contribution >= 4 is 39.3 Å². The van der Waals surface area contributed by atoms with Gasteiger partial charge in [0.25, 0.3) is 16.1 Å². The second kappa shape index (κ2) is 10.6. The van der Waals surface area contributed by atoms with Crippen LogP contribution in [0.4, 0.5) is 23.1 Å². The molecule has 0 atom stereocenters. The van der Waals surface area contributed by atoms with Crippen molar-refractivity contribution < 1.29 is 13.2 Å². The molecule has 2 aromatic heterocycles. The van der Waals surface area contributed by atoms with Crippen LogP contribution < -0.4 is 21.1 Å². The molecule has 3 aromatic rings. The Morgan fingerprint density at radius 1 is 1.05 bits per heavy atom. The summed E-state index contributed by atoms with van der Waals surface area (Å²) in [5.74, 6) is 0.376. The maximum Gasteiger partial charge on any atom is 0.277 e. The van der Waals surface area contributed by atoms with Crippen LogP contribution in [0.3, 0.4) is 0 Å². The normalized spacial score (nSPS) is 14.2. The number of carbonyl (C=O) groups excluding carboxylic acids is 1. The van der Waals surface area contributed by atoms with Gasteiger partial charge in [-0.15, -0.1) is 0 Å². The maximum absolute atomic E-state index is 12.9. The molecule has 1 amide bonds. The number of aromatic nitrogens is 3. The van der Waals surface area contributed by atoms with E-state index in [4.69, 9.17) is 5.14 Å². The number of nitrogens with zero attached hydrogens (tertiary/aromatic N) is 4. The summed E-state index contributed by atoms with van der Waals surface area (Å²) in [6.07, 6.45) is 3.76. The monoisotopic (exact) mass is 538 g/mol. The summed E-state index contributed by atoms with van der Waals surface area (Å²) in [4.78, 5) is 26.4. The fourth-order valence-electron chi connectivity index (χ4n) is 4.05. The highest BCUT2D eigenvalue weighted by atomic mass is 32.2. The van der Waals surface area contributed by atoms with Gasteiger partial charge in [0, 0.05) is 54.0 Å². The van der Waals surface area contributed by atoms with Crippen molar-refractivity contribution in [3.63, 3.8) is 0 Å². The summed E-state index contributed by atoms with van der Waals surface area (Å²) in [6.45, 7) is 10.6. The van der Waals surface area contributed by atoms with Crippen molar-refractivity contribution in [1.82, 2.24) is 24.6 Å². The van der Waals surface area contributed by atoms with Gasteiger partial charge in [-0.05, 0) is 55.7 Å². The SMILES string of the molecule is CC(C)NC(=O)c1cnc(Nc2ccc3c(c2)CCN(S(N)(=O)=O)C3)nc1Nc1ccnc(C(C)(C)C)c1. The van der Waals surface area contributed by atoms with Gasteiger partial charge in [-0.3, -0.25) is 9.78 Å². The van der Waals surface area contributed by atoms with Crippen LogP contribution >= 0.6 is 0 Å². The van der Waals surface area contributed by atoms with Crippen LogP contribution in [0.2, 0.25) is 0 Å². The molecule has 0 aliphatic carbocycles. The highest BCUT2D eigenvalue weighted by molar-refractivity contribution is 7.86. The molecule has 0 unspecified atom stereocenters. The molecule has 202 valence electrons. The van der Waals surface area contributed by atoms with Gasteiger partial charge in [0.05, 0.1) is 0 Å². The third-order valence-electron chi connectivity index (χ3n) is 6.04. The number of anilines is 4. The van der Waals surface area contributed by atoms with E-state index in [0.29, 0.717) is 30.3 Å². The van der Waals surface area contributed by atoms with Crippen LogP contribution in [0.15, 0.2) is 42.7 Å². The number of fused-ring (bicyclic) bond motifs is 1. The van der Waals surface area contributed by atoms with Crippen molar-refractivity contribution in [3.8, 4) is 0 Å². The average molecular weight is 539 g/mol. The van der Waals surface area contributed by atoms with Crippen LogP contribution in [0, 0.1) is 0 Å². The molecule has 11 nitrogen and oxygen atoms in total. The lowest BCUT2D eigenvalue weighted by molar-refractivity contribution is 0.0943. The maximum atomic E-state index is 12.9. The van der Waals surface area contributed by atoms with Crippen LogP contribution in [0.1, 0.15) is 61.8 Å². The predicted octanol–water partition coefficient (Wildman–Crippen LogP) is 3.36. The minimum absolute atomic E-state index is 0.0535. The zero-order valence-corrected chi connectivity index (χ0v) is 23.1. The quantitative estimate of drug-likeness (QED) is 0.357. The fraction of sp³-hybridized carbons (Fsp3) is 0.385. The average Bonchev–Trinajstić information content (AvgIpc) is 2.82. The predicted molar refractivity (Wildman–Crippen MR) is 148 cm³/mol.